The van der Waals surface area contributed by atoms with E-state index in [9.17, 15) is 14.7 Å². The lowest BCUT2D eigenvalue weighted by Crippen LogP contribution is -2.40. The van der Waals surface area contributed by atoms with Crippen LogP contribution >= 0.6 is 0 Å². The van der Waals surface area contributed by atoms with E-state index < -0.39 is 18.2 Å². The molecule has 0 unspecified atom stereocenters. The largest absolute Gasteiger partial charge is 0.491 e. The lowest BCUT2D eigenvalue weighted by atomic mass is 10.0. The highest BCUT2D eigenvalue weighted by molar-refractivity contribution is 6.04. The molecule has 25 heavy (non-hydrogen) atoms. The second-order valence-corrected chi connectivity index (χ2v) is 7.24. The fourth-order valence-corrected chi connectivity index (χ4v) is 2.92. The fraction of sp³-hybridized carbons (Fsp3) is 0.579. The molecule has 2 atom stereocenters. The van der Waals surface area contributed by atoms with Gasteiger partial charge >= 0.3 is 6.03 Å². The van der Waals surface area contributed by atoms with Crippen LogP contribution in [0.4, 0.5) is 4.79 Å². The number of carbonyl (C=O) groups excluding carboxylic acids is 2. The first-order valence-corrected chi connectivity index (χ1v) is 8.81. The van der Waals surface area contributed by atoms with Crippen LogP contribution in [0.2, 0.25) is 0 Å². The van der Waals surface area contributed by atoms with E-state index in [4.69, 9.17) is 4.74 Å². The zero-order valence-corrected chi connectivity index (χ0v) is 15.4. The Morgan fingerprint density at radius 1 is 1.20 bits per heavy atom. The van der Waals surface area contributed by atoms with E-state index in [2.05, 4.69) is 19.2 Å². The Morgan fingerprint density at radius 3 is 2.52 bits per heavy atom. The van der Waals surface area contributed by atoms with Crippen molar-refractivity contribution in [1.82, 2.24) is 10.2 Å². The van der Waals surface area contributed by atoms with E-state index in [1.165, 1.54) is 0 Å². The van der Waals surface area contributed by atoms with Gasteiger partial charge in [0.05, 0.1) is 6.54 Å². The van der Waals surface area contributed by atoms with E-state index in [0.29, 0.717) is 24.0 Å². The van der Waals surface area contributed by atoms with Crippen molar-refractivity contribution in [2.75, 3.05) is 13.2 Å². The van der Waals surface area contributed by atoms with Gasteiger partial charge in [-0.15, -0.1) is 0 Å². The van der Waals surface area contributed by atoms with Crippen LogP contribution in [-0.4, -0.2) is 47.2 Å². The van der Waals surface area contributed by atoms with Crippen LogP contribution in [0.25, 0.3) is 0 Å². The van der Waals surface area contributed by atoms with Gasteiger partial charge in [0, 0.05) is 0 Å². The Hall–Kier alpha value is -2.08. The van der Waals surface area contributed by atoms with Crippen molar-refractivity contribution in [2.45, 2.75) is 52.2 Å². The summed E-state index contributed by atoms with van der Waals surface area (Å²) in [6, 6.07) is 6.72. The van der Waals surface area contributed by atoms with Crippen molar-refractivity contribution in [3.05, 3.63) is 29.8 Å². The van der Waals surface area contributed by atoms with Crippen molar-refractivity contribution in [1.29, 1.82) is 0 Å². The summed E-state index contributed by atoms with van der Waals surface area (Å²) in [7, 11) is 0. The number of nitrogens with zero attached hydrogens (tertiary/aromatic N) is 1. The molecule has 0 saturated carbocycles. The second-order valence-electron chi connectivity index (χ2n) is 7.24. The van der Waals surface area contributed by atoms with Gasteiger partial charge in [-0.1, -0.05) is 45.9 Å². The van der Waals surface area contributed by atoms with Crippen LogP contribution in [0.3, 0.4) is 0 Å². The summed E-state index contributed by atoms with van der Waals surface area (Å²) in [6.45, 7) is 8.09. The maximum atomic E-state index is 12.3. The number of para-hydroxylation sites is 1. The molecule has 1 aromatic rings. The number of nitrogens with one attached hydrogen (secondary N) is 1. The van der Waals surface area contributed by atoms with Crippen molar-refractivity contribution in [3.63, 3.8) is 0 Å². The number of carbonyl (C=O) groups is 2. The van der Waals surface area contributed by atoms with Crippen LogP contribution in [0.5, 0.6) is 5.75 Å². The van der Waals surface area contributed by atoms with E-state index in [0.717, 1.165) is 10.5 Å². The van der Waals surface area contributed by atoms with Gasteiger partial charge in [-0.25, -0.2) is 4.79 Å². The number of ether oxygens (including phenoxy) is 1. The summed E-state index contributed by atoms with van der Waals surface area (Å²) in [5, 5.41) is 12.9. The molecule has 138 valence electrons. The van der Waals surface area contributed by atoms with Crippen LogP contribution < -0.4 is 10.1 Å². The molecular formula is C19H28N2O4. The quantitative estimate of drug-likeness (QED) is 0.708. The SMILES string of the molecule is CC(C)C[C@H]1NC(=O)N(C[C@H](O)COc2ccccc2C(C)C)C1=O. The highest BCUT2D eigenvalue weighted by Gasteiger charge is 2.38. The number of urea groups is 1. The maximum Gasteiger partial charge on any atom is 0.324 e. The molecule has 1 heterocycles. The third-order valence-electron chi connectivity index (χ3n) is 4.18. The molecule has 6 heteroatoms. The Morgan fingerprint density at radius 2 is 1.88 bits per heavy atom. The van der Waals surface area contributed by atoms with Gasteiger partial charge in [-0.2, -0.15) is 0 Å². The minimum Gasteiger partial charge on any atom is -0.491 e. The number of β-amino-alcohol motifs (C(OH)–C–C–N with tert-alkyl or cyclic N) is 1. The first kappa shape index (κ1) is 19.2. The first-order chi connectivity index (χ1) is 11.8. The van der Waals surface area contributed by atoms with Gasteiger partial charge in [-0.3, -0.25) is 9.69 Å². The number of benzene rings is 1. The van der Waals surface area contributed by atoms with Crippen molar-refractivity contribution < 1.29 is 19.4 Å². The number of aliphatic hydroxyl groups excluding tert-OH is 1. The first-order valence-electron chi connectivity index (χ1n) is 8.81. The minimum absolute atomic E-state index is 0.0235. The molecule has 6 nitrogen and oxygen atoms in total. The molecule has 0 spiro atoms. The number of aliphatic hydroxyl groups is 1. The summed E-state index contributed by atoms with van der Waals surface area (Å²) in [5.74, 6) is 1.04. The molecule has 1 aliphatic heterocycles. The van der Waals surface area contributed by atoms with E-state index in [-0.39, 0.29) is 19.1 Å². The summed E-state index contributed by atoms with van der Waals surface area (Å²) < 4.78 is 5.71. The molecule has 1 aliphatic rings. The number of rotatable bonds is 8. The average molecular weight is 348 g/mol. The topological polar surface area (TPSA) is 78.9 Å². The van der Waals surface area contributed by atoms with Crippen molar-refractivity contribution >= 4 is 11.9 Å². The van der Waals surface area contributed by atoms with E-state index in [1.807, 2.05) is 38.1 Å². The summed E-state index contributed by atoms with van der Waals surface area (Å²) >= 11 is 0. The van der Waals surface area contributed by atoms with E-state index >= 15 is 0 Å². The second kappa shape index (κ2) is 8.34. The Kier molecular flexibility index (Phi) is 6.42. The predicted molar refractivity (Wildman–Crippen MR) is 95.5 cm³/mol. The van der Waals surface area contributed by atoms with E-state index in [1.54, 1.807) is 0 Å². The number of hydrogen-bond donors (Lipinski definition) is 2. The maximum absolute atomic E-state index is 12.3. The van der Waals surface area contributed by atoms with Gasteiger partial charge in [0.2, 0.25) is 0 Å². The number of imide groups is 1. The van der Waals surface area contributed by atoms with Gasteiger partial charge in [-0.05, 0) is 29.9 Å². The molecule has 0 aromatic heterocycles. The van der Waals surface area contributed by atoms with Crippen molar-refractivity contribution in [3.8, 4) is 5.75 Å². The Bertz CT molecular complexity index is 615. The van der Waals surface area contributed by atoms with Gasteiger partial charge in [0.1, 0.15) is 24.5 Å². The molecular weight excluding hydrogens is 320 g/mol. The van der Waals surface area contributed by atoms with Gasteiger partial charge < -0.3 is 15.2 Å². The lowest BCUT2D eigenvalue weighted by molar-refractivity contribution is -0.128. The fourth-order valence-electron chi connectivity index (χ4n) is 2.92. The van der Waals surface area contributed by atoms with Crippen LogP contribution in [0, 0.1) is 5.92 Å². The monoisotopic (exact) mass is 348 g/mol. The van der Waals surface area contributed by atoms with Crippen LogP contribution in [0.15, 0.2) is 24.3 Å². The zero-order chi connectivity index (χ0) is 18.6. The molecule has 1 saturated heterocycles. The molecule has 3 amide bonds. The van der Waals surface area contributed by atoms with Crippen molar-refractivity contribution in [2.24, 2.45) is 5.92 Å². The third-order valence-corrected chi connectivity index (χ3v) is 4.18. The highest BCUT2D eigenvalue weighted by atomic mass is 16.5. The average Bonchev–Trinajstić information content (AvgIpc) is 2.80. The summed E-state index contributed by atoms with van der Waals surface area (Å²) in [6.07, 6.45) is -0.345. The normalized spacial score (nSPS) is 18.8. The Balaban J connectivity index is 1.91. The minimum atomic E-state index is -0.937. The number of amides is 3. The highest BCUT2D eigenvalue weighted by Crippen LogP contribution is 2.26. The zero-order valence-electron chi connectivity index (χ0n) is 15.4. The van der Waals surface area contributed by atoms with Gasteiger partial charge in [0.15, 0.2) is 0 Å². The lowest BCUT2D eigenvalue weighted by Gasteiger charge is -2.20. The standard InChI is InChI=1S/C19H28N2O4/c1-12(2)9-16-18(23)21(19(24)20-16)10-14(22)11-25-17-8-6-5-7-15(17)13(3)4/h5-8,12-14,16,22H,9-11H2,1-4H3,(H,20,24)/t14-,16+/m0/s1. The molecule has 0 bridgehead atoms. The predicted octanol–water partition coefficient (Wildman–Crippen LogP) is 2.52. The molecule has 1 fully saturated rings. The molecule has 0 radical (unpaired) electrons. The molecule has 0 aliphatic carbocycles. The third kappa shape index (κ3) is 4.95. The number of hydrogen-bond acceptors (Lipinski definition) is 4. The van der Waals surface area contributed by atoms with Crippen LogP contribution in [0.1, 0.15) is 45.6 Å². The smallest absolute Gasteiger partial charge is 0.324 e. The molecule has 2 rings (SSSR count). The summed E-state index contributed by atoms with van der Waals surface area (Å²) in [5.41, 5.74) is 1.06. The Labute approximate surface area is 149 Å². The molecule has 2 N–H and O–H groups in total. The van der Waals surface area contributed by atoms with Gasteiger partial charge in [0.25, 0.3) is 5.91 Å². The van der Waals surface area contributed by atoms with Crippen LogP contribution in [-0.2, 0) is 4.79 Å². The summed E-state index contributed by atoms with van der Waals surface area (Å²) in [4.78, 5) is 25.3. The molecule has 1 aromatic carbocycles.